The summed E-state index contributed by atoms with van der Waals surface area (Å²) in [5, 5.41) is 4.19. The van der Waals surface area contributed by atoms with Crippen LogP contribution in [0.15, 0.2) is 17.8 Å². The first-order chi connectivity index (χ1) is 5.45. The Kier molecular flexibility index (Phi) is 4.64. The zero-order valence-electron chi connectivity index (χ0n) is 8.65. The van der Waals surface area contributed by atoms with E-state index < -0.39 is 0 Å². The molecule has 70 valence electrons. The molecule has 0 aliphatic carbocycles. The maximum Gasteiger partial charge on any atom is 0.0507 e. The van der Waals surface area contributed by atoms with Crippen molar-refractivity contribution in [3.63, 3.8) is 0 Å². The van der Waals surface area contributed by atoms with E-state index in [-0.39, 0.29) is 0 Å². The van der Waals surface area contributed by atoms with Crippen molar-refractivity contribution < 1.29 is 0 Å². The predicted molar refractivity (Wildman–Crippen MR) is 55.4 cm³/mol. The van der Waals surface area contributed by atoms with Gasteiger partial charge in [0.1, 0.15) is 0 Å². The average molecular weight is 168 g/mol. The van der Waals surface area contributed by atoms with Crippen LogP contribution in [0.2, 0.25) is 0 Å². The second-order valence-corrected chi connectivity index (χ2v) is 4.24. The van der Waals surface area contributed by atoms with Crippen LogP contribution < -0.4 is 5.43 Å². The van der Waals surface area contributed by atoms with E-state index in [4.69, 9.17) is 0 Å². The van der Waals surface area contributed by atoms with Crippen molar-refractivity contribution in [2.45, 2.75) is 34.1 Å². The summed E-state index contributed by atoms with van der Waals surface area (Å²) in [5.41, 5.74) is 4.39. The lowest BCUT2D eigenvalue weighted by Gasteiger charge is -2.17. The zero-order valence-corrected chi connectivity index (χ0v) is 8.65. The smallest absolute Gasteiger partial charge is 0.0507 e. The van der Waals surface area contributed by atoms with Crippen molar-refractivity contribution >= 4 is 5.71 Å². The van der Waals surface area contributed by atoms with Crippen molar-refractivity contribution in [1.82, 2.24) is 5.43 Å². The van der Waals surface area contributed by atoms with Crippen LogP contribution in [-0.4, -0.2) is 12.3 Å². The van der Waals surface area contributed by atoms with Crippen molar-refractivity contribution in [2.24, 2.45) is 10.5 Å². The molecule has 0 unspecified atom stereocenters. The van der Waals surface area contributed by atoms with Gasteiger partial charge in [-0.3, -0.25) is 0 Å². The lowest BCUT2D eigenvalue weighted by atomic mass is 9.90. The summed E-state index contributed by atoms with van der Waals surface area (Å²) in [6.45, 7) is 13.0. The Morgan fingerprint density at radius 1 is 1.50 bits per heavy atom. The molecule has 0 amide bonds. The first kappa shape index (κ1) is 11.2. The molecule has 0 aliphatic heterocycles. The van der Waals surface area contributed by atoms with Crippen molar-refractivity contribution in [3.8, 4) is 0 Å². The molecule has 0 atom stereocenters. The Morgan fingerprint density at radius 2 is 2.08 bits per heavy atom. The van der Waals surface area contributed by atoms with Gasteiger partial charge in [-0.15, -0.1) is 6.58 Å². The van der Waals surface area contributed by atoms with Gasteiger partial charge < -0.3 is 5.43 Å². The quantitative estimate of drug-likeness (QED) is 0.297. The fourth-order valence-electron chi connectivity index (χ4n) is 1.05. The number of nitrogens with one attached hydrogen (secondary N) is 1. The molecule has 0 fully saturated rings. The maximum atomic E-state index is 4.19. The highest BCUT2D eigenvalue weighted by Gasteiger charge is 2.11. The Labute approximate surface area is 75.7 Å². The van der Waals surface area contributed by atoms with Crippen LogP contribution in [0.1, 0.15) is 34.1 Å². The van der Waals surface area contributed by atoms with E-state index in [2.05, 4.69) is 37.9 Å². The summed E-state index contributed by atoms with van der Waals surface area (Å²) in [5.74, 6) is 0. The zero-order chi connectivity index (χ0) is 9.61. The van der Waals surface area contributed by atoms with Crippen LogP contribution in [0.25, 0.3) is 0 Å². The summed E-state index contributed by atoms with van der Waals surface area (Å²) in [7, 11) is 0. The average Bonchev–Trinajstić information content (AvgIpc) is 1.84. The van der Waals surface area contributed by atoms with Gasteiger partial charge in [-0.05, 0) is 18.8 Å². The molecule has 0 spiro atoms. The summed E-state index contributed by atoms with van der Waals surface area (Å²) in [6, 6.07) is 0. The number of nitrogens with zero attached hydrogens (tertiary/aromatic N) is 1. The monoisotopic (exact) mass is 168 g/mol. The summed E-state index contributed by atoms with van der Waals surface area (Å²) in [6.07, 6.45) is 2.82. The van der Waals surface area contributed by atoms with Gasteiger partial charge in [0.25, 0.3) is 0 Å². The number of hydrazone groups is 1. The molecule has 0 heterocycles. The topological polar surface area (TPSA) is 24.4 Å². The third-order valence-electron chi connectivity index (χ3n) is 1.29. The van der Waals surface area contributed by atoms with Crippen molar-refractivity contribution in [2.75, 3.05) is 6.54 Å². The minimum atomic E-state index is 0.323. The third-order valence-corrected chi connectivity index (χ3v) is 1.29. The first-order valence-electron chi connectivity index (χ1n) is 4.32. The minimum Gasteiger partial charge on any atom is -0.306 e. The minimum absolute atomic E-state index is 0.323. The largest absolute Gasteiger partial charge is 0.306 e. The highest BCUT2D eigenvalue weighted by atomic mass is 15.3. The standard InChI is InChI=1S/C10H20N2/c1-6-7-11-12-9(2)8-10(3,4)5/h6,11H,1,7-8H2,2-5H3. The van der Waals surface area contributed by atoms with Crippen LogP contribution in [0.5, 0.6) is 0 Å². The van der Waals surface area contributed by atoms with E-state index in [0.717, 1.165) is 18.7 Å². The van der Waals surface area contributed by atoms with E-state index in [0.29, 0.717) is 5.41 Å². The molecule has 1 N–H and O–H groups in total. The van der Waals surface area contributed by atoms with Gasteiger partial charge in [-0.25, -0.2) is 0 Å². The second kappa shape index (κ2) is 4.96. The molecule has 0 bridgehead atoms. The van der Waals surface area contributed by atoms with Gasteiger partial charge in [-0.2, -0.15) is 5.10 Å². The van der Waals surface area contributed by atoms with Gasteiger partial charge in [0, 0.05) is 5.71 Å². The molecule has 0 saturated carbocycles. The SMILES string of the molecule is C=CCNN=C(C)CC(C)(C)C. The normalized spacial score (nSPS) is 12.8. The van der Waals surface area contributed by atoms with E-state index >= 15 is 0 Å². The Bertz CT molecular complexity index is 163. The maximum absolute atomic E-state index is 4.19. The van der Waals surface area contributed by atoms with Crippen LogP contribution in [0, 0.1) is 5.41 Å². The van der Waals surface area contributed by atoms with E-state index in [1.165, 1.54) is 0 Å². The summed E-state index contributed by atoms with van der Waals surface area (Å²) < 4.78 is 0. The van der Waals surface area contributed by atoms with Crippen LogP contribution in [0.3, 0.4) is 0 Å². The molecular formula is C10H20N2. The summed E-state index contributed by atoms with van der Waals surface area (Å²) in [4.78, 5) is 0. The molecular weight excluding hydrogens is 148 g/mol. The molecule has 0 aromatic carbocycles. The number of hydrogen-bond acceptors (Lipinski definition) is 2. The van der Waals surface area contributed by atoms with Crippen LogP contribution >= 0.6 is 0 Å². The molecule has 0 aromatic rings. The van der Waals surface area contributed by atoms with Crippen LogP contribution in [-0.2, 0) is 0 Å². The first-order valence-corrected chi connectivity index (χ1v) is 4.32. The molecule has 0 rings (SSSR count). The fourth-order valence-corrected chi connectivity index (χ4v) is 1.05. The van der Waals surface area contributed by atoms with Crippen molar-refractivity contribution in [1.29, 1.82) is 0 Å². The fraction of sp³-hybridized carbons (Fsp3) is 0.700. The number of rotatable bonds is 4. The van der Waals surface area contributed by atoms with E-state index in [1.54, 1.807) is 6.08 Å². The lowest BCUT2D eigenvalue weighted by Crippen LogP contribution is -2.14. The van der Waals surface area contributed by atoms with Gasteiger partial charge >= 0.3 is 0 Å². The van der Waals surface area contributed by atoms with Gasteiger partial charge in [0.05, 0.1) is 6.54 Å². The van der Waals surface area contributed by atoms with Gasteiger partial charge in [0.15, 0.2) is 0 Å². The van der Waals surface area contributed by atoms with Gasteiger partial charge in [0.2, 0.25) is 0 Å². The molecule has 12 heavy (non-hydrogen) atoms. The van der Waals surface area contributed by atoms with Gasteiger partial charge in [-0.1, -0.05) is 26.8 Å². The summed E-state index contributed by atoms with van der Waals surface area (Å²) >= 11 is 0. The highest BCUT2D eigenvalue weighted by Crippen LogP contribution is 2.18. The Hall–Kier alpha value is -0.790. The highest BCUT2D eigenvalue weighted by molar-refractivity contribution is 5.82. The Balaban J connectivity index is 3.77. The van der Waals surface area contributed by atoms with E-state index in [1.807, 2.05) is 6.92 Å². The third kappa shape index (κ3) is 7.32. The molecule has 2 heteroatoms. The van der Waals surface area contributed by atoms with Crippen molar-refractivity contribution in [3.05, 3.63) is 12.7 Å². The Morgan fingerprint density at radius 3 is 2.50 bits per heavy atom. The van der Waals surface area contributed by atoms with Crippen LogP contribution in [0.4, 0.5) is 0 Å². The lowest BCUT2D eigenvalue weighted by molar-refractivity contribution is 0.432. The molecule has 0 radical (unpaired) electrons. The molecule has 2 nitrogen and oxygen atoms in total. The second-order valence-electron chi connectivity index (χ2n) is 4.24. The number of hydrogen-bond donors (Lipinski definition) is 1. The predicted octanol–water partition coefficient (Wildman–Crippen LogP) is 2.57. The van der Waals surface area contributed by atoms with E-state index in [9.17, 15) is 0 Å². The molecule has 0 saturated heterocycles. The molecule has 0 aliphatic rings. The molecule has 0 aromatic heterocycles.